The van der Waals surface area contributed by atoms with Crippen molar-refractivity contribution in [1.82, 2.24) is 4.90 Å². The molecular weight excluding hydrogens is 246 g/mol. The Morgan fingerprint density at radius 1 is 1.33 bits per heavy atom. The molecule has 3 nitrogen and oxygen atoms in total. The molecule has 0 aliphatic carbocycles. The van der Waals surface area contributed by atoms with Gasteiger partial charge in [-0.2, -0.15) is 5.26 Å². The number of piperidine rings is 1. The largest absolute Gasteiger partial charge is 0.370 e. The van der Waals surface area contributed by atoms with Gasteiger partial charge in [-0.1, -0.05) is 17.7 Å². The van der Waals surface area contributed by atoms with Crippen molar-refractivity contribution >= 4 is 17.3 Å². The topological polar surface area (TPSA) is 30.3 Å². The van der Waals surface area contributed by atoms with E-state index in [-0.39, 0.29) is 0 Å². The maximum Gasteiger partial charge on any atom is 0.103 e. The third-order valence-electron chi connectivity index (χ3n) is 3.64. The number of nitrogens with zero attached hydrogens (tertiary/aromatic N) is 3. The summed E-state index contributed by atoms with van der Waals surface area (Å²) in [6.45, 7) is 1.97. The van der Waals surface area contributed by atoms with Gasteiger partial charge in [0.05, 0.1) is 16.3 Å². The molecule has 0 spiro atoms. The fourth-order valence-corrected chi connectivity index (χ4v) is 2.72. The first kappa shape index (κ1) is 13.2. The van der Waals surface area contributed by atoms with Crippen molar-refractivity contribution in [2.45, 2.75) is 18.9 Å². The Hall–Kier alpha value is -1.24. The molecule has 2 rings (SSSR count). The first-order chi connectivity index (χ1) is 8.63. The lowest BCUT2D eigenvalue weighted by Crippen LogP contribution is -2.42. The van der Waals surface area contributed by atoms with Crippen LogP contribution in [-0.4, -0.2) is 38.1 Å². The van der Waals surface area contributed by atoms with Crippen LogP contribution in [0.15, 0.2) is 18.2 Å². The Kier molecular flexibility index (Phi) is 4.11. The zero-order chi connectivity index (χ0) is 13.1. The molecular formula is C14H18ClN3. The zero-order valence-corrected chi connectivity index (χ0v) is 11.6. The molecule has 0 atom stereocenters. The van der Waals surface area contributed by atoms with Gasteiger partial charge in [-0.3, -0.25) is 0 Å². The maximum atomic E-state index is 9.20. The van der Waals surface area contributed by atoms with E-state index in [2.05, 4.69) is 30.0 Å². The lowest BCUT2D eigenvalue weighted by molar-refractivity contribution is 0.249. The van der Waals surface area contributed by atoms with Gasteiger partial charge in [-0.15, -0.1) is 0 Å². The van der Waals surface area contributed by atoms with E-state index in [0.717, 1.165) is 31.6 Å². The second kappa shape index (κ2) is 5.60. The lowest BCUT2D eigenvalue weighted by Gasteiger charge is -2.36. The Morgan fingerprint density at radius 3 is 2.56 bits per heavy atom. The molecule has 96 valence electrons. The average Bonchev–Trinajstić information content (AvgIpc) is 2.38. The number of hydrogen-bond acceptors (Lipinski definition) is 3. The van der Waals surface area contributed by atoms with Crippen LogP contribution in [0.3, 0.4) is 0 Å². The number of rotatable bonds is 2. The summed E-state index contributed by atoms with van der Waals surface area (Å²) in [5.74, 6) is 0. The molecule has 1 aliphatic rings. The van der Waals surface area contributed by atoms with Crippen LogP contribution in [0, 0.1) is 11.3 Å². The van der Waals surface area contributed by atoms with Crippen molar-refractivity contribution in [1.29, 1.82) is 5.26 Å². The second-order valence-corrected chi connectivity index (χ2v) is 5.33. The smallest absolute Gasteiger partial charge is 0.103 e. The summed E-state index contributed by atoms with van der Waals surface area (Å²) in [4.78, 5) is 4.55. The fraction of sp³-hybridized carbons (Fsp3) is 0.500. The minimum atomic E-state index is 0.546. The van der Waals surface area contributed by atoms with Crippen LogP contribution in [0.1, 0.15) is 18.4 Å². The molecule has 1 aromatic carbocycles. The van der Waals surface area contributed by atoms with Crippen molar-refractivity contribution < 1.29 is 0 Å². The highest BCUT2D eigenvalue weighted by Crippen LogP contribution is 2.29. The molecule has 1 fully saturated rings. The molecule has 1 aromatic rings. The van der Waals surface area contributed by atoms with E-state index >= 15 is 0 Å². The molecule has 1 saturated heterocycles. The number of nitriles is 1. The predicted octanol–water partition coefficient (Wildman–Crippen LogP) is 2.74. The standard InChI is InChI=1S/C14H18ClN3/c1-17(2)11-6-8-18(9-7-11)14-5-3-4-13(15)12(14)10-16/h3-5,11H,6-9H2,1-2H3. The van der Waals surface area contributed by atoms with E-state index in [1.54, 1.807) is 6.07 Å². The van der Waals surface area contributed by atoms with Crippen LogP contribution < -0.4 is 4.90 Å². The summed E-state index contributed by atoms with van der Waals surface area (Å²) in [7, 11) is 4.25. The van der Waals surface area contributed by atoms with Gasteiger partial charge in [0.1, 0.15) is 6.07 Å². The molecule has 0 aromatic heterocycles. The van der Waals surface area contributed by atoms with Gasteiger partial charge in [-0.25, -0.2) is 0 Å². The minimum Gasteiger partial charge on any atom is -0.370 e. The Labute approximate surface area is 114 Å². The molecule has 0 unspecified atom stereocenters. The second-order valence-electron chi connectivity index (χ2n) is 4.93. The predicted molar refractivity (Wildman–Crippen MR) is 75.1 cm³/mol. The van der Waals surface area contributed by atoms with E-state index in [1.165, 1.54) is 0 Å². The van der Waals surface area contributed by atoms with Crippen LogP contribution in [0.2, 0.25) is 5.02 Å². The summed E-state index contributed by atoms with van der Waals surface area (Å²) >= 11 is 6.07. The van der Waals surface area contributed by atoms with E-state index < -0.39 is 0 Å². The van der Waals surface area contributed by atoms with Crippen molar-refractivity contribution in [3.63, 3.8) is 0 Å². The molecule has 0 N–H and O–H groups in total. The molecule has 1 heterocycles. The van der Waals surface area contributed by atoms with Crippen LogP contribution in [-0.2, 0) is 0 Å². The Morgan fingerprint density at radius 2 is 2.00 bits per heavy atom. The Bertz CT molecular complexity index is 457. The summed E-state index contributed by atoms with van der Waals surface area (Å²) in [5.41, 5.74) is 1.57. The van der Waals surface area contributed by atoms with Crippen molar-refractivity contribution in [3.05, 3.63) is 28.8 Å². The summed E-state index contributed by atoms with van der Waals surface area (Å²) in [5, 5.41) is 9.75. The van der Waals surface area contributed by atoms with Crippen LogP contribution >= 0.6 is 11.6 Å². The normalized spacial score (nSPS) is 16.9. The molecule has 0 saturated carbocycles. The van der Waals surface area contributed by atoms with Gasteiger partial charge in [0.2, 0.25) is 0 Å². The first-order valence-electron chi connectivity index (χ1n) is 6.23. The number of hydrogen-bond donors (Lipinski definition) is 0. The average molecular weight is 264 g/mol. The highest BCUT2D eigenvalue weighted by molar-refractivity contribution is 6.32. The fourth-order valence-electron chi connectivity index (χ4n) is 2.51. The maximum absolute atomic E-state index is 9.20. The summed E-state index contributed by atoms with van der Waals surface area (Å²) < 4.78 is 0. The Balaban J connectivity index is 2.15. The quantitative estimate of drug-likeness (QED) is 0.822. The van der Waals surface area contributed by atoms with Gasteiger partial charge in [0.25, 0.3) is 0 Å². The third-order valence-corrected chi connectivity index (χ3v) is 3.95. The molecule has 1 aliphatic heterocycles. The van der Waals surface area contributed by atoms with E-state index in [4.69, 9.17) is 11.6 Å². The monoisotopic (exact) mass is 263 g/mol. The van der Waals surface area contributed by atoms with Gasteiger partial charge < -0.3 is 9.80 Å². The summed E-state index contributed by atoms with van der Waals surface area (Å²) in [6, 6.07) is 8.53. The van der Waals surface area contributed by atoms with Gasteiger partial charge in [-0.05, 0) is 39.1 Å². The van der Waals surface area contributed by atoms with Gasteiger partial charge in [0, 0.05) is 19.1 Å². The zero-order valence-electron chi connectivity index (χ0n) is 10.9. The number of benzene rings is 1. The minimum absolute atomic E-state index is 0.546. The third kappa shape index (κ3) is 2.60. The highest BCUT2D eigenvalue weighted by Gasteiger charge is 2.22. The molecule has 18 heavy (non-hydrogen) atoms. The van der Waals surface area contributed by atoms with Crippen LogP contribution in [0.25, 0.3) is 0 Å². The van der Waals surface area contributed by atoms with Crippen LogP contribution in [0.4, 0.5) is 5.69 Å². The van der Waals surface area contributed by atoms with Crippen molar-refractivity contribution in [2.75, 3.05) is 32.1 Å². The highest BCUT2D eigenvalue weighted by atomic mass is 35.5. The molecule has 4 heteroatoms. The van der Waals surface area contributed by atoms with E-state index in [0.29, 0.717) is 16.6 Å². The summed E-state index contributed by atoms with van der Waals surface area (Å²) in [6.07, 6.45) is 2.26. The number of halogens is 1. The van der Waals surface area contributed by atoms with Crippen molar-refractivity contribution in [2.24, 2.45) is 0 Å². The molecule has 0 bridgehead atoms. The molecule has 0 radical (unpaired) electrons. The van der Waals surface area contributed by atoms with E-state index in [9.17, 15) is 5.26 Å². The van der Waals surface area contributed by atoms with E-state index in [1.807, 2.05) is 12.1 Å². The van der Waals surface area contributed by atoms with Crippen molar-refractivity contribution in [3.8, 4) is 6.07 Å². The lowest BCUT2D eigenvalue weighted by atomic mass is 10.0. The number of anilines is 1. The van der Waals surface area contributed by atoms with Gasteiger partial charge >= 0.3 is 0 Å². The molecule has 0 amide bonds. The SMILES string of the molecule is CN(C)C1CCN(c2cccc(Cl)c2C#N)CC1. The van der Waals surface area contributed by atoms with Gasteiger partial charge in [0.15, 0.2) is 0 Å². The first-order valence-corrected chi connectivity index (χ1v) is 6.61. The van der Waals surface area contributed by atoms with Crippen LogP contribution in [0.5, 0.6) is 0 Å².